The molecule has 0 heterocycles. The Hall–Kier alpha value is -2.68. The van der Waals surface area contributed by atoms with Crippen molar-refractivity contribution in [3.8, 4) is 28.4 Å². The Balaban J connectivity index is 2.73. The first-order valence-corrected chi connectivity index (χ1v) is 7.82. The van der Waals surface area contributed by atoms with E-state index in [1.165, 1.54) is 0 Å². The lowest BCUT2D eigenvalue weighted by Crippen LogP contribution is -1.98. The fourth-order valence-electron chi connectivity index (χ4n) is 2.77. The van der Waals surface area contributed by atoms with E-state index in [2.05, 4.69) is 25.3 Å². The van der Waals surface area contributed by atoms with Crippen molar-refractivity contribution in [2.24, 2.45) is 0 Å². The number of methoxy groups -OCH3 is 3. The highest BCUT2D eigenvalue weighted by atomic mass is 16.5. The number of allylic oxidation sites excluding steroid dienone is 2. The zero-order valence-electron chi connectivity index (χ0n) is 14.6. The Morgan fingerprint density at radius 1 is 0.750 bits per heavy atom. The molecule has 0 aromatic heterocycles. The Labute approximate surface area is 144 Å². The molecule has 0 spiro atoms. The van der Waals surface area contributed by atoms with E-state index in [-0.39, 0.29) is 0 Å². The van der Waals surface area contributed by atoms with Crippen molar-refractivity contribution < 1.29 is 14.2 Å². The van der Waals surface area contributed by atoms with E-state index in [9.17, 15) is 0 Å². The van der Waals surface area contributed by atoms with Gasteiger partial charge in [-0.1, -0.05) is 18.2 Å². The first-order valence-electron chi connectivity index (χ1n) is 7.82. The highest BCUT2D eigenvalue weighted by Crippen LogP contribution is 2.43. The third-order valence-electron chi connectivity index (χ3n) is 3.85. The van der Waals surface area contributed by atoms with Crippen LogP contribution in [0.2, 0.25) is 0 Å². The standard InChI is InChI=1S/C21H24O3/c1-6-8-15-10-11-19(22-3)17(12-15)18-13-16(9-7-2)14-20(23-4)21(18)24-5/h6-7,10-14H,1-2,8-9H2,3-5H3. The van der Waals surface area contributed by atoms with Gasteiger partial charge in [0.2, 0.25) is 0 Å². The summed E-state index contributed by atoms with van der Waals surface area (Å²) < 4.78 is 16.7. The number of ether oxygens (including phenoxy) is 3. The highest BCUT2D eigenvalue weighted by Gasteiger charge is 2.17. The van der Waals surface area contributed by atoms with Crippen LogP contribution in [0.5, 0.6) is 17.2 Å². The maximum Gasteiger partial charge on any atom is 0.168 e. The molecule has 24 heavy (non-hydrogen) atoms. The van der Waals surface area contributed by atoms with Gasteiger partial charge in [0, 0.05) is 11.1 Å². The van der Waals surface area contributed by atoms with Crippen molar-refractivity contribution in [3.05, 3.63) is 66.8 Å². The molecule has 0 amide bonds. The number of benzene rings is 2. The first kappa shape index (κ1) is 17.7. The van der Waals surface area contributed by atoms with Crippen LogP contribution in [0.1, 0.15) is 11.1 Å². The number of hydrogen-bond acceptors (Lipinski definition) is 3. The second kappa shape index (κ2) is 8.25. The zero-order valence-corrected chi connectivity index (χ0v) is 14.6. The minimum Gasteiger partial charge on any atom is -0.496 e. The Bertz CT molecular complexity index is 732. The molecule has 0 radical (unpaired) electrons. The zero-order chi connectivity index (χ0) is 17.5. The van der Waals surface area contributed by atoms with Crippen LogP contribution >= 0.6 is 0 Å². The summed E-state index contributed by atoms with van der Waals surface area (Å²) in [6.07, 6.45) is 5.30. The summed E-state index contributed by atoms with van der Waals surface area (Å²) in [6, 6.07) is 10.2. The van der Waals surface area contributed by atoms with Crippen LogP contribution in [-0.4, -0.2) is 21.3 Å². The molecule has 0 saturated carbocycles. The molecule has 0 N–H and O–H groups in total. The summed E-state index contributed by atoms with van der Waals surface area (Å²) >= 11 is 0. The van der Waals surface area contributed by atoms with Crippen LogP contribution in [0.25, 0.3) is 11.1 Å². The Kier molecular flexibility index (Phi) is 6.07. The average Bonchev–Trinajstić information content (AvgIpc) is 2.61. The van der Waals surface area contributed by atoms with Crippen LogP contribution in [0.4, 0.5) is 0 Å². The predicted octanol–water partition coefficient (Wildman–Crippen LogP) is 4.84. The van der Waals surface area contributed by atoms with Crippen LogP contribution in [0.15, 0.2) is 55.6 Å². The van der Waals surface area contributed by atoms with Crippen molar-refractivity contribution >= 4 is 0 Å². The average molecular weight is 324 g/mol. The van der Waals surface area contributed by atoms with Gasteiger partial charge in [0.25, 0.3) is 0 Å². The molecule has 0 atom stereocenters. The lowest BCUT2D eigenvalue weighted by molar-refractivity contribution is 0.355. The van der Waals surface area contributed by atoms with E-state index in [4.69, 9.17) is 14.2 Å². The van der Waals surface area contributed by atoms with Crippen molar-refractivity contribution in [2.75, 3.05) is 21.3 Å². The van der Waals surface area contributed by atoms with Gasteiger partial charge < -0.3 is 14.2 Å². The molecule has 0 fully saturated rings. The van der Waals surface area contributed by atoms with E-state index in [1.807, 2.05) is 30.4 Å². The molecule has 0 unspecified atom stereocenters. The minimum absolute atomic E-state index is 0.694. The quantitative estimate of drug-likeness (QED) is 0.651. The molecular weight excluding hydrogens is 300 g/mol. The van der Waals surface area contributed by atoms with Crippen LogP contribution in [0.3, 0.4) is 0 Å². The van der Waals surface area contributed by atoms with Gasteiger partial charge in [-0.15, -0.1) is 13.2 Å². The highest BCUT2D eigenvalue weighted by molar-refractivity contribution is 5.79. The van der Waals surface area contributed by atoms with E-state index in [0.29, 0.717) is 11.5 Å². The molecule has 0 aliphatic rings. The molecule has 3 nitrogen and oxygen atoms in total. The normalized spacial score (nSPS) is 10.1. The van der Waals surface area contributed by atoms with E-state index in [0.717, 1.165) is 40.8 Å². The molecule has 0 bridgehead atoms. The SMILES string of the molecule is C=CCc1ccc(OC)c(-c2cc(CC=C)cc(OC)c2OC)c1. The molecule has 2 aromatic carbocycles. The van der Waals surface area contributed by atoms with Gasteiger partial charge in [-0.3, -0.25) is 0 Å². The molecule has 126 valence electrons. The van der Waals surface area contributed by atoms with Crippen LogP contribution in [-0.2, 0) is 12.8 Å². The van der Waals surface area contributed by atoms with Gasteiger partial charge in [-0.2, -0.15) is 0 Å². The smallest absolute Gasteiger partial charge is 0.168 e. The molecule has 2 rings (SSSR count). The van der Waals surface area contributed by atoms with Crippen LogP contribution in [0, 0.1) is 0 Å². The third kappa shape index (κ3) is 3.62. The summed E-state index contributed by atoms with van der Waals surface area (Å²) in [5.74, 6) is 2.18. The summed E-state index contributed by atoms with van der Waals surface area (Å²) in [5, 5.41) is 0. The largest absolute Gasteiger partial charge is 0.496 e. The maximum atomic E-state index is 5.63. The van der Waals surface area contributed by atoms with Crippen molar-refractivity contribution in [1.29, 1.82) is 0 Å². The van der Waals surface area contributed by atoms with Gasteiger partial charge in [0.05, 0.1) is 21.3 Å². The second-order valence-electron chi connectivity index (χ2n) is 5.40. The van der Waals surface area contributed by atoms with E-state index in [1.54, 1.807) is 21.3 Å². The molecule has 0 aliphatic heterocycles. The molecule has 0 aliphatic carbocycles. The lowest BCUT2D eigenvalue weighted by Gasteiger charge is -2.17. The van der Waals surface area contributed by atoms with Crippen molar-refractivity contribution in [1.82, 2.24) is 0 Å². The van der Waals surface area contributed by atoms with Gasteiger partial charge >= 0.3 is 0 Å². The minimum atomic E-state index is 0.694. The second-order valence-corrected chi connectivity index (χ2v) is 5.40. The number of hydrogen-bond donors (Lipinski definition) is 0. The Morgan fingerprint density at radius 2 is 1.38 bits per heavy atom. The number of rotatable bonds is 8. The summed E-state index contributed by atoms with van der Waals surface area (Å²) in [7, 11) is 4.96. The van der Waals surface area contributed by atoms with E-state index >= 15 is 0 Å². The Morgan fingerprint density at radius 3 is 1.96 bits per heavy atom. The van der Waals surface area contributed by atoms with Gasteiger partial charge in [0.15, 0.2) is 11.5 Å². The predicted molar refractivity (Wildman–Crippen MR) is 99.3 cm³/mol. The van der Waals surface area contributed by atoms with Gasteiger partial charge in [0.1, 0.15) is 5.75 Å². The van der Waals surface area contributed by atoms with E-state index < -0.39 is 0 Å². The van der Waals surface area contributed by atoms with Gasteiger partial charge in [-0.25, -0.2) is 0 Å². The van der Waals surface area contributed by atoms with Crippen LogP contribution < -0.4 is 14.2 Å². The topological polar surface area (TPSA) is 27.7 Å². The molecule has 0 saturated heterocycles. The molecular formula is C21H24O3. The van der Waals surface area contributed by atoms with Gasteiger partial charge in [-0.05, 0) is 48.2 Å². The summed E-state index contributed by atoms with van der Waals surface area (Å²) in [6.45, 7) is 7.63. The molecule has 3 heteroatoms. The lowest BCUT2D eigenvalue weighted by atomic mass is 9.96. The molecule has 2 aromatic rings. The van der Waals surface area contributed by atoms with Crippen molar-refractivity contribution in [2.45, 2.75) is 12.8 Å². The van der Waals surface area contributed by atoms with Crippen molar-refractivity contribution in [3.63, 3.8) is 0 Å². The fourth-order valence-corrected chi connectivity index (χ4v) is 2.77. The fraction of sp³-hybridized carbons (Fsp3) is 0.238. The first-order chi connectivity index (χ1) is 11.7. The summed E-state index contributed by atoms with van der Waals surface area (Å²) in [4.78, 5) is 0. The monoisotopic (exact) mass is 324 g/mol. The maximum absolute atomic E-state index is 5.63. The third-order valence-corrected chi connectivity index (χ3v) is 3.85. The summed E-state index contributed by atoms with van der Waals surface area (Å²) in [5.41, 5.74) is 4.18.